The minimum absolute atomic E-state index is 0.650. The molecule has 0 fully saturated rings. The summed E-state index contributed by atoms with van der Waals surface area (Å²) >= 11 is 4.24. The molecule has 0 aromatic rings. The molecule has 0 atom stereocenters. The van der Waals surface area contributed by atoms with Crippen molar-refractivity contribution in [2.75, 3.05) is 283 Å². The molecule has 0 saturated heterocycles. The minimum Gasteiger partial charge on any atom is -0.329 e. The van der Waals surface area contributed by atoms with Gasteiger partial charge in [-0.2, -0.15) is 0 Å². The maximum atomic E-state index is 6.13. The maximum absolute atomic E-state index is 6.13. The molecule has 21 nitrogen and oxygen atoms in total. The summed E-state index contributed by atoms with van der Waals surface area (Å²) in [7, 11) is 6.01. The smallest absolute Gasteiger partial charge is 0.0110 e. The van der Waals surface area contributed by atoms with Crippen LogP contribution in [0.25, 0.3) is 0 Å². The molecule has 0 aliphatic rings. The third-order valence-electron chi connectivity index (χ3n) is 11.5. The summed E-state index contributed by atoms with van der Waals surface area (Å²) in [5.74, 6) is 0. The molecule has 0 rings (SSSR count). The molecule has 0 saturated carbocycles. The van der Waals surface area contributed by atoms with Crippen molar-refractivity contribution in [3.8, 4) is 0 Å². The molecular weight excluding hydrogens is 1060 g/mol. The quantitative estimate of drug-likeness (QED) is 0.0200. The van der Waals surface area contributed by atoms with Gasteiger partial charge in [-0.25, -0.2) is 0 Å². The van der Waals surface area contributed by atoms with Crippen molar-refractivity contribution in [2.24, 2.45) is 34.4 Å². The van der Waals surface area contributed by atoms with Crippen molar-refractivity contribution < 1.29 is 0 Å². The Morgan fingerprint density at radius 1 is 0.227 bits per heavy atom. The van der Waals surface area contributed by atoms with Crippen LogP contribution < -0.4 is 76.9 Å². The van der Waals surface area contributed by atoms with Gasteiger partial charge >= 0.3 is 0 Å². The Morgan fingerprint density at radius 2 is 0.394 bits per heavy atom. The second-order valence-corrected chi connectivity index (χ2v) is 16.7. The van der Waals surface area contributed by atoms with Gasteiger partial charge in [0.2, 0.25) is 0 Å². The van der Waals surface area contributed by atoms with E-state index in [9.17, 15) is 0 Å². The van der Waals surface area contributed by atoms with E-state index in [4.69, 9.17) is 34.4 Å². The van der Waals surface area contributed by atoms with Crippen LogP contribution in [0, 0.1) is 0 Å². The average Bonchev–Trinajstić information content (AvgIpc) is 3.32. The highest BCUT2D eigenvalue weighted by atomic mass is 128. The monoisotopic (exact) mass is 1170 g/mol. The third-order valence-corrected chi connectivity index (χ3v) is 11.5. The van der Waals surface area contributed by atoms with Crippen LogP contribution in [0.3, 0.4) is 0 Å². The van der Waals surface area contributed by atoms with E-state index in [1.165, 1.54) is 0 Å². The van der Waals surface area contributed by atoms with Gasteiger partial charge < -0.3 is 76.9 Å². The fourth-order valence-electron chi connectivity index (χ4n) is 7.52. The second kappa shape index (κ2) is 56.5. The van der Waals surface area contributed by atoms with Gasteiger partial charge in [0, 0.05) is 299 Å². The third kappa shape index (κ3) is 45.7. The van der Waals surface area contributed by atoms with Gasteiger partial charge in [-0.3, -0.25) is 34.3 Å². The predicted octanol–water partition coefficient (Wildman–Crippen LogP) is -5.77. The highest BCUT2D eigenvalue weighted by molar-refractivity contribution is 15.0. The zero-order chi connectivity index (χ0) is 49.0. The Bertz CT molecular complexity index is 908. The van der Waals surface area contributed by atoms with Crippen LogP contribution >= 0.6 is 37.2 Å². The summed E-state index contributed by atoms with van der Waals surface area (Å²) in [4.78, 5) is 17.3. The molecule has 0 aliphatic heterocycles. The van der Waals surface area contributed by atoms with E-state index < -0.39 is 0 Å². The predicted molar refractivity (Wildman–Crippen MR) is 304 cm³/mol. The van der Waals surface area contributed by atoms with Gasteiger partial charge in [0.25, 0.3) is 0 Å². The van der Waals surface area contributed by atoms with Crippen LogP contribution in [-0.4, -0.2) is 317 Å². The molecule has 66 heavy (non-hydrogen) atoms. The number of hydrogen-bond acceptors (Lipinski definition) is 21. The first-order valence-electron chi connectivity index (χ1n) is 25.3. The molecule has 0 aliphatic carbocycles. The SMILES string of the molecule is CNCCNCCN(CCNCCN(CCN)CCNC)CCNCCN(CCNCCN(CCN)CCNC)CCN(CCN)CCNCCN(CCN)CCN(CCN)CCN.II. The van der Waals surface area contributed by atoms with Crippen molar-refractivity contribution in [3.63, 3.8) is 0 Å². The lowest BCUT2D eigenvalue weighted by Gasteiger charge is -2.29. The van der Waals surface area contributed by atoms with E-state index in [1.54, 1.807) is 0 Å². The maximum Gasteiger partial charge on any atom is 0.0110 e. The van der Waals surface area contributed by atoms with Crippen LogP contribution in [0.2, 0.25) is 0 Å². The lowest BCUT2D eigenvalue weighted by atomic mass is 10.3. The minimum atomic E-state index is 0.650. The van der Waals surface area contributed by atoms with E-state index >= 15 is 0 Å². The van der Waals surface area contributed by atoms with E-state index in [1.807, 2.05) is 21.1 Å². The molecule has 0 unspecified atom stereocenters. The standard InChI is InChI=1S/C43H109N21.I2/c1-50-10-11-53-14-35-63(36-19-54-15-31-59(25-6-46)29-12-51-2)37-20-57-22-39-64(38-21-55-16-32-60(26-7-47)30-13-52-3)43-42-62(28-9-49)34-18-56-17-33-61(27-8-48)41-40-58(23-4-44)24-5-45;1-2/h50-57H,4-49H2,1-3H3;. The van der Waals surface area contributed by atoms with Crippen molar-refractivity contribution in [2.45, 2.75) is 0 Å². The zero-order valence-electron chi connectivity index (χ0n) is 42.6. The van der Waals surface area contributed by atoms with E-state index in [-0.39, 0.29) is 0 Å². The van der Waals surface area contributed by atoms with E-state index in [2.05, 4.69) is 114 Å². The fraction of sp³-hybridized carbons (Fsp3) is 1.00. The lowest BCUT2D eigenvalue weighted by molar-refractivity contribution is 0.199. The van der Waals surface area contributed by atoms with E-state index in [0.717, 1.165) is 223 Å². The van der Waals surface area contributed by atoms with Crippen LogP contribution in [-0.2, 0) is 0 Å². The highest BCUT2D eigenvalue weighted by Crippen LogP contribution is 1.96. The summed E-state index contributed by atoms with van der Waals surface area (Å²) in [6.45, 7) is 36.9. The number of hydrogen-bond donors (Lipinski definition) is 14. The van der Waals surface area contributed by atoms with Gasteiger partial charge in [0.05, 0.1) is 0 Å². The molecule has 0 amide bonds. The molecule has 0 aromatic carbocycles. The zero-order valence-corrected chi connectivity index (χ0v) is 46.9. The number of nitrogens with one attached hydrogen (secondary N) is 8. The molecule has 20 N–H and O–H groups in total. The van der Waals surface area contributed by atoms with Crippen LogP contribution in [0.1, 0.15) is 0 Å². The number of halogens is 2. The van der Waals surface area contributed by atoms with Crippen molar-refractivity contribution in [1.29, 1.82) is 0 Å². The first-order valence-corrected chi connectivity index (χ1v) is 31.6. The Balaban J connectivity index is 0. The summed E-state index contributed by atoms with van der Waals surface area (Å²) in [5, 5.41) is 28.2. The van der Waals surface area contributed by atoms with Gasteiger partial charge in [0.15, 0.2) is 0 Å². The summed E-state index contributed by atoms with van der Waals surface area (Å²) in [5.41, 5.74) is 35.5. The largest absolute Gasteiger partial charge is 0.329 e. The second-order valence-electron chi connectivity index (χ2n) is 16.7. The van der Waals surface area contributed by atoms with Gasteiger partial charge in [0.1, 0.15) is 0 Å². The number of nitrogens with zero attached hydrogens (tertiary/aromatic N) is 7. The molecule has 0 bridgehead atoms. The van der Waals surface area contributed by atoms with Crippen molar-refractivity contribution in [1.82, 2.24) is 76.8 Å². The average molecular weight is 1170 g/mol. The number of rotatable bonds is 54. The summed E-state index contributed by atoms with van der Waals surface area (Å²) in [6, 6.07) is 0. The summed E-state index contributed by atoms with van der Waals surface area (Å²) < 4.78 is 0. The van der Waals surface area contributed by atoms with Crippen LogP contribution in [0.5, 0.6) is 0 Å². The first kappa shape index (κ1) is 68.7. The molecule has 23 heteroatoms. The Labute approximate surface area is 428 Å². The summed E-state index contributed by atoms with van der Waals surface area (Å²) in [6.07, 6.45) is 0. The molecule has 0 radical (unpaired) electrons. The Morgan fingerprint density at radius 3 is 0.621 bits per heavy atom. The van der Waals surface area contributed by atoms with Crippen LogP contribution in [0.15, 0.2) is 0 Å². The fourth-order valence-corrected chi connectivity index (χ4v) is 7.52. The first-order chi connectivity index (χ1) is 32.4. The van der Waals surface area contributed by atoms with Gasteiger partial charge in [-0.1, -0.05) is 0 Å². The Kier molecular flexibility index (Phi) is 58.8. The molecule has 0 heterocycles. The molecule has 0 spiro atoms. The van der Waals surface area contributed by atoms with Crippen LogP contribution in [0.4, 0.5) is 0 Å². The van der Waals surface area contributed by atoms with Crippen molar-refractivity contribution >= 4 is 37.2 Å². The molecular formula is C43H109I2N21. The van der Waals surface area contributed by atoms with Gasteiger partial charge in [-0.05, 0) is 21.1 Å². The normalized spacial score (nSPS) is 12.1. The van der Waals surface area contributed by atoms with Crippen molar-refractivity contribution in [3.05, 3.63) is 0 Å². The number of nitrogens with two attached hydrogens (primary N) is 6. The van der Waals surface area contributed by atoms with Gasteiger partial charge in [-0.15, -0.1) is 0 Å². The van der Waals surface area contributed by atoms with E-state index in [0.29, 0.717) is 39.3 Å². The molecule has 0 aromatic heterocycles. The number of likely N-dealkylation sites (N-methyl/N-ethyl adjacent to an activating group) is 3. The topological polar surface area (TPSA) is 275 Å². The molecule has 400 valence electrons. The Hall–Kier alpha value is 0.620. The lowest BCUT2D eigenvalue weighted by Crippen LogP contribution is -2.46. The highest BCUT2D eigenvalue weighted by Gasteiger charge is 2.12.